The Morgan fingerprint density at radius 2 is 1.63 bits per heavy atom. The smallest absolute Gasteiger partial charge is 0.295 e. The number of hydrogen-bond acceptors (Lipinski definition) is 7. The first-order valence-electron chi connectivity index (χ1n) is 17.0. The van der Waals surface area contributed by atoms with Crippen molar-refractivity contribution in [3.05, 3.63) is 12.2 Å². The van der Waals surface area contributed by atoms with Crippen molar-refractivity contribution in [3.8, 4) is 0 Å². The van der Waals surface area contributed by atoms with Crippen molar-refractivity contribution in [2.75, 3.05) is 0 Å². The molecule has 5 aliphatic carbocycles. The van der Waals surface area contributed by atoms with Gasteiger partial charge in [0.1, 0.15) is 24.1 Å². The topological polar surface area (TPSA) is 113 Å². The van der Waals surface area contributed by atoms with Crippen molar-refractivity contribution in [2.24, 2.45) is 56.7 Å². The number of carbonyl (C=O) groups excluding carboxylic acids is 2. The molecule has 0 spiro atoms. The predicted molar refractivity (Wildman–Crippen MR) is 162 cm³/mol. The number of aliphatic hydroxyl groups excluding tert-OH is 3. The van der Waals surface area contributed by atoms with Crippen LogP contribution in [-0.4, -0.2) is 58.3 Å². The highest BCUT2D eigenvalue weighted by molar-refractivity contribution is 5.85. The molecule has 14 atom stereocenters. The first-order valence-corrected chi connectivity index (χ1v) is 17.0. The van der Waals surface area contributed by atoms with Gasteiger partial charge in [-0.05, 0) is 122 Å². The van der Waals surface area contributed by atoms with Gasteiger partial charge in [-0.1, -0.05) is 46.8 Å². The summed E-state index contributed by atoms with van der Waals surface area (Å²) in [5.41, 5.74) is 1.38. The SMILES string of the molecule is C=C(C)[C@@H]1CC[C@]2(C[C@@H]3OC(OC=O)[C@@H](O)[C@H](O)C3O)CC[C@]3(C)C(CCC4[C@@]5(C)CCC(=O)C(C)(C)C5CC[C@]43C)C12. The Morgan fingerprint density at radius 1 is 0.907 bits per heavy atom. The molecule has 242 valence electrons. The number of carbonyl (C=O) groups is 2. The number of fused-ring (bicyclic) bond motifs is 7. The molecule has 5 saturated carbocycles. The summed E-state index contributed by atoms with van der Waals surface area (Å²) in [6.45, 7) is 19.0. The maximum absolute atomic E-state index is 13.1. The fourth-order valence-corrected chi connectivity index (χ4v) is 13.1. The zero-order valence-corrected chi connectivity index (χ0v) is 27.3. The van der Waals surface area contributed by atoms with Crippen LogP contribution in [0, 0.1) is 56.7 Å². The second kappa shape index (κ2) is 10.4. The van der Waals surface area contributed by atoms with E-state index in [1.54, 1.807) is 0 Å². The summed E-state index contributed by atoms with van der Waals surface area (Å²) in [5, 5.41) is 32.1. The molecule has 6 aliphatic rings. The van der Waals surface area contributed by atoms with Crippen molar-refractivity contribution in [1.82, 2.24) is 0 Å². The highest BCUT2D eigenvalue weighted by Gasteiger charge is 2.71. The molecule has 6 rings (SSSR count). The van der Waals surface area contributed by atoms with Gasteiger partial charge in [0.15, 0.2) is 0 Å². The molecule has 0 radical (unpaired) electrons. The van der Waals surface area contributed by atoms with Gasteiger partial charge in [0.25, 0.3) is 6.47 Å². The Morgan fingerprint density at radius 3 is 2.30 bits per heavy atom. The van der Waals surface area contributed by atoms with Crippen LogP contribution >= 0.6 is 0 Å². The van der Waals surface area contributed by atoms with E-state index in [-0.39, 0.29) is 33.5 Å². The lowest BCUT2D eigenvalue weighted by Gasteiger charge is -2.72. The Labute approximate surface area is 258 Å². The predicted octanol–water partition coefficient (Wildman–Crippen LogP) is 5.58. The molecule has 6 unspecified atom stereocenters. The average molecular weight is 601 g/mol. The summed E-state index contributed by atoms with van der Waals surface area (Å²) < 4.78 is 11.0. The minimum Gasteiger partial charge on any atom is -0.435 e. The molecule has 43 heavy (non-hydrogen) atoms. The minimum atomic E-state index is -1.49. The van der Waals surface area contributed by atoms with E-state index in [0.29, 0.717) is 48.2 Å². The summed E-state index contributed by atoms with van der Waals surface area (Å²) in [6.07, 6.45) is 4.90. The second-order valence-corrected chi connectivity index (χ2v) is 17.1. The molecule has 0 aromatic heterocycles. The molecule has 6 fully saturated rings. The third-order valence-electron chi connectivity index (χ3n) is 15.5. The molecular weight excluding hydrogens is 544 g/mol. The zero-order chi connectivity index (χ0) is 31.3. The van der Waals surface area contributed by atoms with Crippen LogP contribution in [0.2, 0.25) is 0 Å². The number of hydrogen-bond donors (Lipinski definition) is 3. The molecule has 0 bridgehead atoms. The van der Waals surface area contributed by atoms with Crippen LogP contribution in [-0.2, 0) is 19.1 Å². The third kappa shape index (κ3) is 4.26. The van der Waals surface area contributed by atoms with Crippen LogP contribution < -0.4 is 0 Å². The van der Waals surface area contributed by atoms with Gasteiger partial charge < -0.3 is 24.8 Å². The van der Waals surface area contributed by atoms with Gasteiger partial charge in [0, 0.05) is 11.8 Å². The molecule has 7 nitrogen and oxygen atoms in total. The first kappa shape index (κ1) is 31.7. The Hall–Kier alpha value is -1.28. The Balaban J connectivity index is 1.34. The summed E-state index contributed by atoms with van der Waals surface area (Å²) >= 11 is 0. The molecule has 0 aromatic rings. The van der Waals surface area contributed by atoms with E-state index in [0.717, 1.165) is 44.9 Å². The monoisotopic (exact) mass is 600 g/mol. The van der Waals surface area contributed by atoms with Crippen LogP contribution in [0.15, 0.2) is 12.2 Å². The number of aliphatic hydroxyl groups is 3. The van der Waals surface area contributed by atoms with E-state index in [9.17, 15) is 24.9 Å². The molecule has 0 aromatic carbocycles. The van der Waals surface area contributed by atoms with E-state index < -0.39 is 30.7 Å². The van der Waals surface area contributed by atoms with Crippen LogP contribution in [0.5, 0.6) is 0 Å². The standard InChI is InChI=1S/C36H56O7/c1-20(2)21-10-15-36(18-23-28(39)29(40)30(41)31(43-23)42-19-37)17-16-34(6)22(27(21)36)8-9-25-33(5)13-12-26(38)32(3,4)24(33)11-14-35(25,34)7/h19,21-25,27-31,39-41H,1,8-18H2,2-7H3/t21-,22?,23-,24?,25?,27?,28?,29+,30-,31?,33-,34+,35+,36+/m0/s1. The summed E-state index contributed by atoms with van der Waals surface area (Å²) in [7, 11) is 0. The Bertz CT molecular complexity index is 1150. The Kier molecular flexibility index (Phi) is 7.64. The number of allylic oxidation sites excluding steroid dienone is 1. The van der Waals surface area contributed by atoms with Gasteiger partial charge >= 0.3 is 0 Å². The maximum Gasteiger partial charge on any atom is 0.295 e. The zero-order valence-electron chi connectivity index (χ0n) is 27.3. The quantitative estimate of drug-likeness (QED) is 0.279. The molecule has 0 amide bonds. The number of Topliss-reactive ketones (excluding diaryl/α,β-unsaturated/α-hetero) is 1. The van der Waals surface area contributed by atoms with Gasteiger partial charge in [0.05, 0.1) is 6.10 Å². The molecular formula is C36H56O7. The number of ketones is 1. The van der Waals surface area contributed by atoms with Crippen molar-refractivity contribution in [1.29, 1.82) is 0 Å². The molecule has 1 saturated heterocycles. The van der Waals surface area contributed by atoms with Crippen molar-refractivity contribution in [2.45, 2.75) is 143 Å². The van der Waals surface area contributed by atoms with Crippen LogP contribution in [0.4, 0.5) is 0 Å². The van der Waals surface area contributed by atoms with Crippen molar-refractivity contribution in [3.63, 3.8) is 0 Å². The van der Waals surface area contributed by atoms with Crippen LogP contribution in [0.1, 0.15) is 112 Å². The molecule has 3 N–H and O–H groups in total. The second-order valence-electron chi connectivity index (χ2n) is 17.1. The summed E-state index contributed by atoms with van der Waals surface area (Å²) in [4.78, 5) is 24.2. The van der Waals surface area contributed by atoms with Gasteiger partial charge in [-0.2, -0.15) is 0 Å². The van der Waals surface area contributed by atoms with Gasteiger partial charge in [0.2, 0.25) is 6.29 Å². The highest BCUT2D eigenvalue weighted by atomic mass is 16.7. The number of ether oxygens (including phenoxy) is 2. The largest absolute Gasteiger partial charge is 0.435 e. The van der Waals surface area contributed by atoms with E-state index >= 15 is 0 Å². The lowest BCUT2D eigenvalue weighted by Crippen LogP contribution is -2.66. The molecule has 1 heterocycles. The summed E-state index contributed by atoms with van der Waals surface area (Å²) in [5.74, 6) is 2.75. The van der Waals surface area contributed by atoms with Gasteiger partial charge in [-0.25, -0.2) is 0 Å². The highest BCUT2D eigenvalue weighted by Crippen LogP contribution is 2.77. The fraction of sp³-hybridized carbons (Fsp3) is 0.889. The van der Waals surface area contributed by atoms with E-state index in [2.05, 4.69) is 48.1 Å². The minimum absolute atomic E-state index is 0.0866. The van der Waals surface area contributed by atoms with E-state index in [4.69, 9.17) is 9.47 Å². The maximum atomic E-state index is 13.1. The van der Waals surface area contributed by atoms with Crippen molar-refractivity contribution < 1.29 is 34.4 Å². The van der Waals surface area contributed by atoms with E-state index in [1.807, 2.05) is 0 Å². The van der Waals surface area contributed by atoms with Crippen LogP contribution in [0.25, 0.3) is 0 Å². The van der Waals surface area contributed by atoms with Crippen molar-refractivity contribution >= 4 is 12.3 Å². The summed E-state index contributed by atoms with van der Waals surface area (Å²) in [6, 6.07) is 0. The lowest BCUT2D eigenvalue weighted by atomic mass is 9.32. The first-order chi connectivity index (χ1) is 20.1. The fourth-order valence-electron chi connectivity index (χ4n) is 13.1. The average Bonchev–Trinajstić information content (AvgIpc) is 3.33. The third-order valence-corrected chi connectivity index (χ3v) is 15.5. The molecule has 7 heteroatoms. The van der Waals surface area contributed by atoms with Crippen LogP contribution in [0.3, 0.4) is 0 Å². The normalized spacial score (nSPS) is 54.0. The van der Waals surface area contributed by atoms with Gasteiger partial charge in [-0.15, -0.1) is 0 Å². The van der Waals surface area contributed by atoms with Gasteiger partial charge in [-0.3, -0.25) is 9.59 Å². The lowest BCUT2D eigenvalue weighted by molar-refractivity contribution is -0.293. The molecule has 1 aliphatic heterocycles. The number of rotatable bonds is 5. The van der Waals surface area contributed by atoms with E-state index in [1.165, 1.54) is 18.4 Å².